The molecule has 3 rings (SSSR count). The van der Waals surface area contributed by atoms with Crippen LogP contribution in [0.15, 0.2) is 34.9 Å². The Balaban J connectivity index is 1.71. The fourth-order valence-corrected chi connectivity index (χ4v) is 2.71. The maximum atomic E-state index is 8.80. The highest BCUT2D eigenvalue weighted by molar-refractivity contribution is 5.43. The van der Waals surface area contributed by atoms with E-state index < -0.39 is 0 Å². The quantitative estimate of drug-likeness (QED) is 0.913. The minimum Gasteiger partial charge on any atom is -0.465 e. The van der Waals surface area contributed by atoms with Crippen LogP contribution in [0.3, 0.4) is 0 Å². The maximum Gasteiger partial charge on any atom is 0.140 e. The highest BCUT2D eigenvalue weighted by Gasteiger charge is 2.25. The third-order valence-electron chi connectivity index (χ3n) is 3.95. The van der Waals surface area contributed by atoms with Gasteiger partial charge in [0.1, 0.15) is 23.3 Å². The number of nitrogens with one attached hydrogen (secondary N) is 1. The lowest BCUT2D eigenvalue weighted by Crippen LogP contribution is -2.41. The van der Waals surface area contributed by atoms with E-state index in [4.69, 9.17) is 14.4 Å². The number of anilines is 1. The largest absolute Gasteiger partial charge is 0.465 e. The summed E-state index contributed by atoms with van der Waals surface area (Å²) in [4.78, 5) is 6.45. The molecule has 6 heteroatoms. The van der Waals surface area contributed by atoms with Crippen LogP contribution in [0.25, 0.3) is 0 Å². The van der Waals surface area contributed by atoms with E-state index in [1.165, 1.54) is 0 Å². The van der Waals surface area contributed by atoms with Gasteiger partial charge in [-0.05, 0) is 31.2 Å². The summed E-state index contributed by atoms with van der Waals surface area (Å²) in [6, 6.07) is 9.78. The Bertz CT molecular complexity index is 669. The van der Waals surface area contributed by atoms with Crippen LogP contribution in [0.2, 0.25) is 0 Å². The molecule has 2 aromatic heterocycles. The predicted molar refractivity (Wildman–Crippen MR) is 86.0 cm³/mol. The van der Waals surface area contributed by atoms with Crippen molar-refractivity contribution >= 4 is 5.69 Å². The zero-order valence-electron chi connectivity index (χ0n) is 13.2. The van der Waals surface area contributed by atoms with E-state index >= 15 is 0 Å². The highest BCUT2D eigenvalue weighted by Crippen LogP contribution is 2.24. The topological polar surface area (TPSA) is 74.3 Å². The Labute approximate surface area is 135 Å². The SMILES string of the molecule is Cc1ccc(C(CNc2ccc(C#N)nc2)N2CCOCC2)o1. The smallest absolute Gasteiger partial charge is 0.140 e. The highest BCUT2D eigenvalue weighted by atomic mass is 16.5. The van der Waals surface area contributed by atoms with E-state index in [1.54, 1.807) is 12.3 Å². The van der Waals surface area contributed by atoms with Crippen LogP contribution in [0.4, 0.5) is 5.69 Å². The van der Waals surface area contributed by atoms with Gasteiger partial charge in [-0.2, -0.15) is 5.26 Å². The van der Waals surface area contributed by atoms with Gasteiger partial charge in [0.05, 0.1) is 31.1 Å². The van der Waals surface area contributed by atoms with Crippen LogP contribution in [0.5, 0.6) is 0 Å². The van der Waals surface area contributed by atoms with Crippen LogP contribution in [0, 0.1) is 18.3 Å². The zero-order chi connectivity index (χ0) is 16.1. The van der Waals surface area contributed by atoms with Crippen LogP contribution >= 0.6 is 0 Å². The molecule has 1 atom stereocenters. The number of hydrogen-bond acceptors (Lipinski definition) is 6. The molecular formula is C17H20N4O2. The van der Waals surface area contributed by atoms with Crippen molar-refractivity contribution in [3.05, 3.63) is 47.7 Å². The average Bonchev–Trinajstić information content (AvgIpc) is 3.03. The van der Waals surface area contributed by atoms with Gasteiger partial charge >= 0.3 is 0 Å². The van der Waals surface area contributed by atoms with E-state index in [9.17, 15) is 0 Å². The lowest BCUT2D eigenvalue weighted by atomic mass is 10.1. The monoisotopic (exact) mass is 312 g/mol. The predicted octanol–water partition coefficient (Wildman–Crippen LogP) is 2.34. The summed E-state index contributed by atoms with van der Waals surface area (Å²) in [5, 5.41) is 12.2. The van der Waals surface area contributed by atoms with Gasteiger partial charge in [0.25, 0.3) is 0 Å². The number of nitrogens with zero attached hydrogens (tertiary/aromatic N) is 3. The standard InChI is InChI=1S/C17H20N4O2/c1-13-2-5-17(23-13)16(21-6-8-22-9-7-21)12-20-15-4-3-14(10-18)19-11-15/h2-5,11,16,20H,6-9,12H2,1H3. The molecule has 1 N–H and O–H groups in total. The van der Waals surface area contributed by atoms with Gasteiger partial charge < -0.3 is 14.5 Å². The van der Waals surface area contributed by atoms with Gasteiger partial charge in [-0.15, -0.1) is 0 Å². The molecule has 1 aliphatic rings. The van der Waals surface area contributed by atoms with E-state index in [-0.39, 0.29) is 6.04 Å². The molecule has 0 aromatic carbocycles. The van der Waals surface area contributed by atoms with Crippen molar-refractivity contribution in [2.75, 3.05) is 38.2 Å². The van der Waals surface area contributed by atoms with Crippen molar-refractivity contribution < 1.29 is 9.15 Å². The van der Waals surface area contributed by atoms with Crippen LogP contribution in [-0.4, -0.2) is 42.7 Å². The summed E-state index contributed by atoms with van der Waals surface area (Å²) < 4.78 is 11.3. The molecule has 0 amide bonds. The molecule has 1 saturated heterocycles. The zero-order valence-corrected chi connectivity index (χ0v) is 13.2. The van der Waals surface area contributed by atoms with E-state index in [0.717, 1.165) is 43.5 Å². The van der Waals surface area contributed by atoms with Crippen LogP contribution in [-0.2, 0) is 4.74 Å². The minimum atomic E-state index is 0.142. The first kappa shape index (κ1) is 15.5. The van der Waals surface area contributed by atoms with Gasteiger partial charge in [0.2, 0.25) is 0 Å². The first-order valence-electron chi connectivity index (χ1n) is 7.74. The second kappa shape index (κ2) is 7.27. The van der Waals surface area contributed by atoms with E-state index in [1.807, 2.05) is 31.2 Å². The van der Waals surface area contributed by atoms with Crippen molar-refractivity contribution in [1.82, 2.24) is 9.88 Å². The maximum absolute atomic E-state index is 8.80. The summed E-state index contributed by atoms with van der Waals surface area (Å²) in [7, 11) is 0. The Morgan fingerprint density at radius 3 is 2.74 bits per heavy atom. The number of ether oxygens (including phenoxy) is 1. The molecule has 23 heavy (non-hydrogen) atoms. The molecule has 1 aliphatic heterocycles. The molecule has 0 saturated carbocycles. The normalized spacial score (nSPS) is 16.7. The molecule has 0 aliphatic carbocycles. The number of morpholine rings is 1. The molecule has 0 radical (unpaired) electrons. The third kappa shape index (κ3) is 3.89. The fourth-order valence-electron chi connectivity index (χ4n) is 2.71. The summed E-state index contributed by atoms with van der Waals surface area (Å²) in [5.74, 6) is 1.87. The Morgan fingerprint density at radius 2 is 2.13 bits per heavy atom. The first-order valence-corrected chi connectivity index (χ1v) is 7.74. The Hall–Kier alpha value is -2.36. The fraction of sp³-hybridized carbons (Fsp3) is 0.412. The number of aromatic nitrogens is 1. The number of pyridine rings is 1. The van der Waals surface area contributed by atoms with Gasteiger partial charge in [-0.3, -0.25) is 4.90 Å². The second-order valence-electron chi connectivity index (χ2n) is 5.54. The van der Waals surface area contributed by atoms with Crippen molar-refractivity contribution in [3.63, 3.8) is 0 Å². The second-order valence-corrected chi connectivity index (χ2v) is 5.54. The molecule has 0 bridgehead atoms. The summed E-state index contributed by atoms with van der Waals surface area (Å²) >= 11 is 0. The van der Waals surface area contributed by atoms with E-state index in [0.29, 0.717) is 12.2 Å². The summed E-state index contributed by atoms with van der Waals surface area (Å²) in [6.45, 7) is 5.93. The minimum absolute atomic E-state index is 0.142. The number of aryl methyl sites for hydroxylation is 1. The molecule has 2 aromatic rings. The first-order chi connectivity index (χ1) is 11.3. The van der Waals surface area contributed by atoms with Crippen molar-refractivity contribution in [1.29, 1.82) is 5.26 Å². The summed E-state index contributed by atoms with van der Waals surface area (Å²) in [5.41, 5.74) is 1.31. The van der Waals surface area contributed by atoms with Crippen LogP contribution < -0.4 is 5.32 Å². The third-order valence-corrected chi connectivity index (χ3v) is 3.95. The Morgan fingerprint density at radius 1 is 1.30 bits per heavy atom. The lowest BCUT2D eigenvalue weighted by Gasteiger charge is -2.33. The molecule has 6 nitrogen and oxygen atoms in total. The number of rotatable bonds is 5. The molecule has 1 unspecified atom stereocenters. The van der Waals surface area contributed by atoms with Gasteiger partial charge in [0.15, 0.2) is 0 Å². The Kier molecular flexibility index (Phi) is 4.91. The molecule has 120 valence electrons. The van der Waals surface area contributed by atoms with Crippen molar-refractivity contribution in [2.45, 2.75) is 13.0 Å². The number of nitriles is 1. The van der Waals surface area contributed by atoms with Gasteiger partial charge in [0, 0.05) is 19.6 Å². The molecule has 3 heterocycles. The molecule has 1 fully saturated rings. The van der Waals surface area contributed by atoms with Crippen molar-refractivity contribution in [2.24, 2.45) is 0 Å². The number of furan rings is 1. The average molecular weight is 312 g/mol. The van der Waals surface area contributed by atoms with E-state index in [2.05, 4.69) is 15.2 Å². The van der Waals surface area contributed by atoms with Gasteiger partial charge in [-0.1, -0.05) is 0 Å². The van der Waals surface area contributed by atoms with Gasteiger partial charge in [-0.25, -0.2) is 4.98 Å². The molecular weight excluding hydrogens is 292 g/mol. The van der Waals surface area contributed by atoms with Crippen molar-refractivity contribution in [3.8, 4) is 6.07 Å². The lowest BCUT2D eigenvalue weighted by molar-refractivity contribution is 0.0143. The molecule has 0 spiro atoms. The summed E-state index contributed by atoms with van der Waals surface area (Å²) in [6.07, 6.45) is 1.68. The van der Waals surface area contributed by atoms with Crippen LogP contribution in [0.1, 0.15) is 23.3 Å². The number of hydrogen-bond donors (Lipinski definition) is 1.